The summed E-state index contributed by atoms with van der Waals surface area (Å²) in [7, 11) is 0. The summed E-state index contributed by atoms with van der Waals surface area (Å²) < 4.78 is 5.21. The number of hydrogen-bond donors (Lipinski definition) is 1. The van der Waals surface area contributed by atoms with E-state index in [0.29, 0.717) is 13.1 Å². The third-order valence-corrected chi connectivity index (χ3v) is 4.22. The lowest BCUT2D eigenvalue weighted by Gasteiger charge is -2.24. The second-order valence-corrected chi connectivity index (χ2v) is 5.98. The average Bonchev–Trinajstić information content (AvgIpc) is 3.16. The average molecular weight is 319 g/mol. The standard InChI is InChI=1S/C17H19ClN2O2/c18-14-5-1-4-13(10-14)16-7-2-8-20(16)12-17(21)19-11-15-6-3-9-22-15/h1,3-6,9-10,16H,2,7-8,11-12H2,(H,19,21). The molecule has 0 saturated carbocycles. The molecule has 3 rings (SSSR count). The number of furan rings is 1. The highest BCUT2D eigenvalue weighted by Crippen LogP contribution is 2.32. The first-order valence-corrected chi connectivity index (χ1v) is 7.89. The molecular formula is C17H19ClN2O2. The van der Waals surface area contributed by atoms with Crippen molar-refractivity contribution in [2.24, 2.45) is 0 Å². The summed E-state index contributed by atoms with van der Waals surface area (Å²) in [5.74, 6) is 0.784. The summed E-state index contributed by atoms with van der Waals surface area (Å²) in [5, 5.41) is 3.64. The maximum Gasteiger partial charge on any atom is 0.234 e. The van der Waals surface area contributed by atoms with Crippen molar-refractivity contribution in [2.75, 3.05) is 13.1 Å². The van der Waals surface area contributed by atoms with Gasteiger partial charge in [0.05, 0.1) is 19.4 Å². The van der Waals surface area contributed by atoms with Crippen LogP contribution >= 0.6 is 11.6 Å². The van der Waals surface area contributed by atoms with Crippen LogP contribution in [0.4, 0.5) is 0 Å². The maximum atomic E-state index is 12.1. The van der Waals surface area contributed by atoms with E-state index >= 15 is 0 Å². The quantitative estimate of drug-likeness (QED) is 0.919. The molecule has 0 spiro atoms. The Labute approximate surface area is 135 Å². The van der Waals surface area contributed by atoms with E-state index in [-0.39, 0.29) is 11.9 Å². The van der Waals surface area contributed by atoms with Gasteiger partial charge in [0.25, 0.3) is 0 Å². The van der Waals surface area contributed by atoms with Gasteiger partial charge in [0.2, 0.25) is 5.91 Å². The Kier molecular flexibility index (Phi) is 4.80. The van der Waals surface area contributed by atoms with Gasteiger partial charge in [-0.05, 0) is 49.2 Å². The zero-order valence-corrected chi connectivity index (χ0v) is 13.1. The Morgan fingerprint density at radius 2 is 2.27 bits per heavy atom. The molecule has 4 nitrogen and oxygen atoms in total. The van der Waals surface area contributed by atoms with E-state index in [4.69, 9.17) is 16.0 Å². The Morgan fingerprint density at radius 3 is 3.05 bits per heavy atom. The van der Waals surface area contributed by atoms with E-state index in [2.05, 4.69) is 16.3 Å². The minimum Gasteiger partial charge on any atom is -0.467 e. The van der Waals surface area contributed by atoms with E-state index < -0.39 is 0 Å². The number of nitrogens with one attached hydrogen (secondary N) is 1. The summed E-state index contributed by atoms with van der Waals surface area (Å²) in [4.78, 5) is 14.3. The number of rotatable bonds is 5. The molecule has 1 aliphatic heterocycles. The smallest absolute Gasteiger partial charge is 0.234 e. The molecule has 1 N–H and O–H groups in total. The molecule has 2 heterocycles. The highest BCUT2D eigenvalue weighted by molar-refractivity contribution is 6.30. The molecule has 0 bridgehead atoms. The highest BCUT2D eigenvalue weighted by Gasteiger charge is 2.27. The summed E-state index contributed by atoms with van der Waals surface area (Å²) in [6, 6.07) is 11.8. The van der Waals surface area contributed by atoms with Gasteiger partial charge in [0.1, 0.15) is 5.76 Å². The lowest BCUT2D eigenvalue weighted by atomic mass is 10.0. The lowest BCUT2D eigenvalue weighted by molar-refractivity contribution is -0.122. The van der Waals surface area contributed by atoms with E-state index in [1.165, 1.54) is 5.56 Å². The molecule has 1 aliphatic rings. The number of hydrogen-bond acceptors (Lipinski definition) is 3. The minimum absolute atomic E-state index is 0.0188. The topological polar surface area (TPSA) is 45.5 Å². The van der Waals surface area contributed by atoms with Crippen LogP contribution in [0.25, 0.3) is 0 Å². The number of carbonyl (C=O) groups excluding carboxylic acids is 1. The molecule has 1 aromatic carbocycles. The summed E-state index contributed by atoms with van der Waals surface area (Å²) >= 11 is 6.08. The van der Waals surface area contributed by atoms with Crippen LogP contribution in [-0.4, -0.2) is 23.9 Å². The predicted octanol–water partition coefficient (Wildman–Crippen LogP) is 3.39. The van der Waals surface area contributed by atoms with Crippen molar-refractivity contribution in [3.05, 3.63) is 59.0 Å². The van der Waals surface area contributed by atoms with Gasteiger partial charge in [-0.15, -0.1) is 0 Å². The van der Waals surface area contributed by atoms with Gasteiger partial charge < -0.3 is 9.73 Å². The van der Waals surface area contributed by atoms with Crippen LogP contribution in [0, 0.1) is 0 Å². The SMILES string of the molecule is O=C(CN1CCCC1c1cccc(Cl)c1)NCc1ccco1. The number of halogens is 1. The molecule has 1 unspecified atom stereocenters. The van der Waals surface area contributed by atoms with Crippen LogP contribution < -0.4 is 5.32 Å². The van der Waals surface area contributed by atoms with Crippen molar-refractivity contribution in [3.63, 3.8) is 0 Å². The zero-order chi connectivity index (χ0) is 15.4. The van der Waals surface area contributed by atoms with Gasteiger partial charge in [0, 0.05) is 11.1 Å². The summed E-state index contributed by atoms with van der Waals surface area (Å²) in [5.41, 5.74) is 1.18. The van der Waals surface area contributed by atoms with Gasteiger partial charge in [-0.3, -0.25) is 9.69 Å². The first-order valence-electron chi connectivity index (χ1n) is 7.51. The van der Waals surface area contributed by atoms with E-state index in [1.54, 1.807) is 6.26 Å². The number of nitrogens with zero attached hydrogens (tertiary/aromatic N) is 1. The normalized spacial score (nSPS) is 18.5. The minimum atomic E-state index is 0.0188. The number of amides is 1. The Hall–Kier alpha value is -1.78. The predicted molar refractivity (Wildman–Crippen MR) is 85.6 cm³/mol. The number of carbonyl (C=O) groups is 1. The first-order chi connectivity index (χ1) is 10.7. The Bertz CT molecular complexity index is 627. The molecule has 1 fully saturated rings. The fraction of sp³-hybridized carbons (Fsp3) is 0.353. The molecule has 5 heteroatoms. The van der Waals surface area contributed by atoms with Crippen LogP contribution in [-0.2, 0) is 11.3 Å². The Balaban J connectivity index is 1.57. The van der Waals surface area contributed by atoms with Crippen LogP contribution in [0.15, 0.2) is 47.1 Å². The van der Waals surface area contributed by atoms with Gasteiger partial charge >= 0.3 is 0 Å². The van der Waals surface area contributed by atoms with Crippen molar-refractivity contribution < 1.29 is 9.21 Å². The molecule has 1 amide bonds. The molecule has 1 aromatic heterocycles. The second-order valence-electron chi connectivity index (χ2n) is 5.54. The van der Waals surface area contributed by atoms with Gasteiger partial charge in [0.15, 0.2) is 0 Å². The Morgan fingerprint density at radius 1 is 1.36 bits per heavy atom. The summed E-state index contributed by atoms with van der Waals surface area (Å²) in [6.07, 6.45) is 3.77. The van der Waals surface area contributed by atoms with Crippen molar-refractivity contribution in [3.8, 4) is 0 Å². The van der Waals surface area contributed by atoms with E-state index in [1.807, 2.05) is 30.3 Å². The zero-order valence-electron chi connectivity index (χ0n) is 12.3. The third-order valence-electron chi connectivity index (χ3n) is 3.98. The summed E-state index contributed by atoms with van der Waals surface area (Å²) in [6.45, 7) is 1.77. The van der Waals surface area contributed by atoms with Crippen LogP contribution in [0.1, 0.15) is 30.2 Å². The monoisotopic (exact) mass is 318 g/mol. The van der Waals surface area contributed by atoms with Gasteiger partial charge in [-0.25, -0.2) is 0 Å². The molecule has 22 heavy (non-hydrogen) atoms. The molecule has 1 saturated heterocycles. The van der Waals surface area contributed by atoms with Crippen molar-refractivity contribution in [1.29, 1.82) is 0 Å². The highest BCUT2D eigenvalue weighted by atomic mass is 35.5. The third kappa shape index (κ3) is 3.70. The largest absolute Gasteiger partial charge is 0.467 e. The van der Waals surface area contributed by atoms with E-state index in [9.17, 15) is 4.79 Å². The van der Waals surface area contributed by atoms with Gasteiger partial charge in [-0.1, -0.05) is 23.7 Å². The molecule has 116 valence electrons. The lowest BCUT2D eigenvalue weighted by Crippen LogP contribution is -2.36. The molecular weight excluding hydrogens is 300 g/mol. The maximum absolute atomic E-state index is 12.1. The fourth-order valence-corrected chi connectivity index (χ4v) is 3.14. The molecule has 1 atom stereocenters. The molecule has 0 aliphatic carbocycles. The van der Waals surface area contributed by atoms with Crippen LogP contribution in [0.3, 0.4) is 0 Å². The van der Waals surface area contributed by atoms with Crippen LogP contribution in [0.2, 0.25) is 5.02 Å². The van der Waals surface area contributed by atoms with Crippen molar-refractivity contribution in [1.82, 2.24) is 10.2 Å². The number of benzene rings is 1. The molecule has 2 aromatic rings. The van der Waals surface area contributed by atoms with Crippen molar-refractivity contribution in [2.45, 2.75) is 25.4 Å². The fourth-order valence-electron chi connectivity index (χ4n) is 2.95. The van der Waals surface area contributed by atoms with E-state index in [0.717, 1.165) is 30.2 Å². The molecule has 0 radical (unpaired) electrons. The number of likely N-dealkylation sites (tertiary alicyclic amines) is 1. The van der Waals surface area contributed by atoms with Crippen LogP contribution in [0.5, 0.6) is 0 Å². The second kappa shape index (κ2) is 6.99. The van der Waals surface area contributed by atoms with Crippen molar-refractivity contribution >= 4 is 17.5 Å². The first kappa shape index (κ1) is 15.1. The van der Waals surface area contributed by atoms with Gasteiger partial charge in [-0.2, -0.15) is 0 Å².